The van der Waals surface area contributed by atoms with Crippen LogP contribution in [0.5, 0.6) is 0 Å². The summed E-state index contributed by atoms with van der Waals surface area (Å²) in [4.78, 5) is 24.1. The Balaban J connectivity index is 2.05. The lowest BCUT2D eigenvalue weighted by atomic mass is 10.1. The fraction of sp³-hybridized carbons (Fsp3) is 0.222. The zero-order chi connectivity index (χ0) is 19.3. The first kappa shape index (κ1) is 19.5. The van der Waals surface area contributed by atoms with Crippen LogP contribution in [0.15, 0.2) is 48.5 Å². The molecular weight excluding hydrogens is 351 g/mol. The van der Waals surface area contributed by atoms with Crippen LogP contribution in [-0.4, -0.2) is 23.1 Å². The molecule has 1 amide bonds. The van der Waals surface area contributed by atoms with Crippen molar-refractivity contribution < 1.29 is 32.6 Å². The van der Waals surface area contributed by atoms with E-state index in [0.717, 1.165) is 12.1 Å². The molecule has 0 aromatic heterocycles. The van der Waals surface area contributed by atoms with Gasteiger partial charge in [0.15, 0.2) is 6.10 Å². The van der Waals surface area contributed by atoms with Crippen LogP contribution in [0.2, 0.25) is 0 Å². The van der Waals surface area contributed by atoms with E-state index in [1.165, 1.54) is 43.3 Å². The second-order valence-corrected chi connectivity index (χ2v) is 5.44. The molecule has 0 fully saturated rings. The maximum absolute atomic E-state index is 12.9. The van der Waals surface area contributed by atoms with Crippen molar-refractivity contribution in [3.05, 3.63) is 65.2 Å². The Morgan fingerprint density at radius 1 is 1.12 bits per heavy atom. The Bertz CT molecular complexity index is 788. The van der Waals surface area contributed by atoms with Gasteiger partial charge in [-0.2, -0.15) is 13.2 Å². The van der Waals surface area contributed by atoms with E-state index in [2.05, 4.69) is 5.32 Å². The van der Waals surface area contributed by atoms with Crippen molar-refractivity contribution in [3.8, 4) is 0 Å². The van der Waals surface area contributed by atoms with E-state index < -0.39 is 35.4 Å². The van der Waals surface area contributed by atoms with Crippen molar-refractivity contribution in [3.63, 3.8) is 0 Å². The van der Waals surface area contributed by atoms with E-state index >= 15 is 0 Å². The van der Waals surface area contributed by atoms with Gasteiger partial charge in [-0.1, -0.05) is 24.3 Å². The molecule has 0 aliphatic rings. The SMILES string of the molecule is C[C@@H](OC(=O)c1ccc(CO)cc1)C(=O)Nc1ccccc1C(F)(F)F. The third-order valence-corrected chi connectivity index (χ3v) is 3.52. The highest BCUT2D eigenvalue weighted by molar-refractivity contribution is 5.97. The minimum Gasteiger partial charge on any atom is -0.449 e. The summed E-state index contributed by atoms with van der Waals surface area (Å²) in [5.41, 5.74) is -0.666. The molecule has 0 bridgehead atoms. The summed E-state index contributed by atoms with van der Waals surface area (Å²) in [7, 11) is 0. The van der Waals surface area contributed by atoms with Gasteiger partial charge >= 0.3 is 12.1 Å². The fourth-order valence-electron chi connectivity index (χ4n) is 2.10. The Labute approximate surface area is 147 Å². The van der Waals surface area contributed by atoms with Gasteiger partial charge in [-0.25, -0.2) is 4.79 Å². The first-order valence-corrected chi connectivity index (χ1v) is 7.60. The lowest BCUT2D eigenvalue weighted by Gasteiger charge is -2.17. The summed E-state index contributed by atoms with van der Waals surface area (Å²) in [6.07, 6.45) is -5.93. The minimum atomic E-state index is -4.63. The molecule has 0 saturated carbocycles. The number of aliphatic hydroxyl groups excluding tert-OH is 1. The molecule has 0 aliphatic heterocycles. The first-order valence-electron chi connectivity index (χ1n) is 7.60. The number of carbonyl (C=O) groups is 2. The lowest BCUT2D eigenvalue weighted by Crippen LogP contribution is -2.30. The number of halogens is 3. The molecule has 0 radical (unpaired) electrons. The Morgan fingerprint density at radius 3 is 2.31 bits per heavy atom. The molecule has 26 heavy (non-hydrogen) atoms. The summed E-state index contributed by atoms with van der Waals surface area (Å²) in [6.45, 7) is 1.07. The predicted molar refractivity (Wildman–Crippen MR) is 87.3 cm³/mol. The zero-order valence-electron chi connectivity index (χ0n) is 13.7. The van der Waals surface area contributed by atoms with Crippen molar-refractivity contribution in [1.82, 2.24) is 0 Å². The van der Waals surface area contributed by atoms with Crippen LogP contribution >= 0.6 is 0 Å². The second-order valence-electron chi connectivity index (χ2n) is 5.44. The van der Waals surface area contributed by atoms with Gasteiger partial charge in [-0.05, 0) is 36.8 Å². The second kappa shape index (κ2) is 8.01. The molecule has 0 unspecified atom stereocenters. The third-order valence-electron chi connectivity index (χ3n) is 3.52. The number of carbonyl (C=O) groups excluding carboxylic acids is 2. The maximum atomic E-state index is 12.9. The highest BCUT2D eigenvalue weighted by atomic mass is 19.4. The largest absolute Gasteiger partial charge is 0.449 e. The van der Waals surface area contributed by atoms with Gasteiger partial charge in [0.1, 0.15) is 0 Å². The zero-order valence-corrected chi connectivity index (χ0v) is 13.7. The molecule has 0 heterocycles. The Morgan fingerprint density at radius 2 is 1.73 bits per heavy atom. The van der Waals surface area contributed by atoms with Crippen LogP contribution in [0.1, 0.15) is 28.4 Å². The van der Waals surface area contributed by atoms with Gasteiger partial charge in [0.2, 0.25) is 0 Å². The number of rotatable bonds is 5. The number of nitrogens with one attached hydrogen (secondary N) is 1. The van der Waals surface area contributed by atoms with Crippen LogP contribution in [0.3, 0.4) is 0 Å². The lowest BCUT2D eigenvalue weighted by molar-refractivity contribution is -0.137. The number of hydrogen-bond donors (Lipinski definition) is 2. The first-order chi connectivity index (χ1) is 12.2. The van der Waals surface area contributed by atoms with Gasteiger partial charge in [0, 0.05) is 0 Å². The smallest absolute Gasteiger partial charge is 0.418 e. The molecule has 2 N–H and O–H groups in total. The third kappa shape index (κ3) is 4.82. The van der Waals surface area contributed by atoms with E-state index in [1.54, 1.807) is 0 Å². The maximum Gasteiger partial charge on any atom is 0.418 e. The number of para-hydroxylation sites is 1. The molecular formula is C18H16F3NO4. The summed E-state index contributed by atoms with van der Waals surface area (Å²) in [5, 5.41) is 11.1. The van der Waals surface area contributed by atoms with Gasteiger partial charge in [0.25, 0.3) is 5.91 Å². The number of hydrogen-bond acceptors (Lipinski definition) is 4. The molecule has 5 nitrogen and oxygen atoms in total. The number of anilines is 1. The van der Waals surface area contributed by atoms with Gasteiger partial charge in [-0.15, -0.1) is 0 Å². The molecule has 0 spiro atoms. The quantitative estimate of drug-likeness (QED) is 0.795. The average molecular weight is 367 g/mol. The minimum absolute atomic E-state index is 0.151. The van der Waals surface area contributed by atoms with E-state index in [0.29, 0.717) is 5.56 Å². The summed E-state index contributed by atoms with van der Waals surface area (Å²) < 4.78 is 43.8. The van der Waals surface area contributed by atoms with Crippen molar-refractivity contribution in [2.45, 2.75) is 25.8 Å². The molecule has 2 rings (SSSR count). The molecule has 0 aliphatic carbocycles. The van der Waals surface area contributed by atoms with Crippen LogP contribution in [-0.2, 0) is 22.3 Å². The molecule has 8 heteroatoms. The van der Waals surface area contributed by atoms with E-state index in [1.807, 2.05) is 0 Å². The Hall–Kier alpha value is -2.87. The number of amides is 1. The van der Waals surface area contributed by atoms with Crippen LogP contribution in [0, 0.1) is 0 Å². The van der Waals surface area contributed by atoms with Crippen LogP contribution in [0.4, 0.5) is 18.9 Å². The topological polar surface area (TPSA) is 75.6 Å². The number of aliphatic hydroxyl groups is 1. The predicted octanol–water partition coefficient (Wildman–Crippen LogP) is 3.38. The number of ether oxygens (including phenoxy) is 1. The van der Waals surface area contributed by atoms with Crippen LogP contribution in [0.25, 0.3) is 0 Å². The van der Waals surface area contributed by atoms with Crippen LogP contribution < -0.4 is 5.32 Å². The monoisotopic (exact) mass is 367 g/mol. The number of benzene rings is 2. The van der Waals surface area contributed by atoms with E-state index in [-0.39, 0.29) is 12.2 Å². The van der Waals surface area contributed by atoms with Crippen molar-refractivity contribution in [2.24, 2.45) is 0 Å². The van der Waals surface area contributed by atoms with E-state index in [4.69, 9.17) is 9.84 Å². The normalized spacial score (nSPS) is 12.3. The summed E-state index contributed by atoms with van der Waals surface area (Å²) in [6, 6.07) is 10.4. The van der Waals surface area contributed by atoms with Gasteiger partial charge < -0.3 is 15.2 Å². The van der Waals surface area contributed by atoms with Crippen molar-refractivity contribution >= 4 is 17.6 Å². The van der Waals surface area contributed by atoms with Crippen molar-refractivity contribution in [1.29, 1.82) is 0 Å². The number of esters is 1. The summed E-state index contributed by atoms with van der Waals surface area (Å²) >= 11 is 0. The van der Waals surface area contributed by atoms with E-state index in [9.17, 15) is 22.8 Å². The number of alkyl halides is 3. The highest BCUT2D eigenvalue weighted by Gasteiger charge is 2.34. The average Bonchev–Trinajstić information content (AvgIpc) is 2.61. The standard InChI is InChI=1S/C18H16F3NO4/c1-11(26-17(25)13-8-6-12(10-23)7-9-13)16(24)22-15-5-3-2-4-14(15)18(19,20)21/h2-9,11,23H,10H2,1H3,(H,22,24)/t11-/m1/s1. The fourth-order valence-corrected chi connectivity index (χ4v) is 2.10. The van der Waals surface area contributed by atoms with Crippen molar-refractivity contribution in [2.75, 3.05) is 5.32 Å². The Kier molecular flexibility index (Phi) is 5.99. The molecule has 2 aromatic carbocycles. The highest BCUT2D eigenvalue weighted by Crippen LogP contribution is 2.34. The molecule has 2 aromatic rings. The van der Waals surface area contributed by atoms with Gasteiger partial charge in [0.05, 0.1) is 23.4 Å². The summed E-state index contributed by atoms with van der Waals surface area (Å²) in [5.74, 6) is -1.69. The molecule has 138 valence electrons. The molecule has 0 saturated heterocycles. The van der Waals surface area contributed by atoms with Gasteiger partial charge in [-0.3, -0.25) is 4.79 Å². The molecule has 1 atom stereocenters.